The molecule has 1 aliphatic carbocycles. The molecule has 2 aromatic heterocycles. The normalized spacial score (nSPS) is 19.4. The molecule has 37 heavy (non-hydrogen) atoms. The zero-order valence-corrected chi connectivity index (χ0v) is 21.2. The van der Waals surface area contributed by atoms with Crippen LogP contribution < -0.4 is 9.62 Å². The Kier molecular flexibility index (Phi) is 6.67. The minimum atomic E-state index is -4.16. The first-order chi connectivity index (χ1) is 17.6. The van der Waals surface area contributed by atoms with Gasteiger partial charge in [-0.15, -0.1) is 0 Å². The summed E-state index contributed by atoms with van der Waals surface area (Å²) in [5.74, 6) is -1.83. The number of amides is 1. The molecule has 9 nitrogen and oxygen atoms in total. The lowest BCUT2D eigenvalue weighted by Crippen LogP contribution is -2.49. The third-order valence-corrected chi connectivity index (χ3v) is 8.98. The number of fused-ring (bicyclic) bond motifs is 1. The van der Waals surface area contributed by atoms with E-state index in [4.69, 9.17) is 0 Å². The number of aliphatic hydroxyl groups excluding tert-OH is 1. The van der Waals surface area contributed by atoms with Gasteiger partial charge in [0.15, 0.2) is 0 Å². The van der Waals surface area contributed by atoms with Gasteiger partial charge in [0.1, 0.15) is 11.6 Å². The second-order valence-corrected chi connectivity index (χ2v) is 11.8. The Balaban J connectivity index is 1.39. The van der Waals surface area contributed by atoms with Crippen LogP contribution in [0.15, 0.2) is 42.7 Å². The van der Waals surface area contributed by atoms with Gasteiger partial charge in [-0.05, 0) is 56.0 Å². The Morgan fingerprint density at radius 1 is 1.24 bits per heavy atom. The van der Waals surface area contributed by atoms with Crippen molar-refractivity contribution in [1.82, 2.24) is 18.6 Å². The van der Waals surface area contributed by atoms with Crippen molar-refractivity contribution in [2.24, 2.45) is 5.41 Å². The van der Waals surface area contributed by atoms with Crippen LogP contribution in [0.1, 0.15) is 54.1 Å². The van der Waals surface area contributed by atoms with Crippen molar-refractivity contribution >= 4 is 27.3 Å². The highest BCUT2D eigenvalue weighted by molar-refractivity contribution is 7.87. The van der Waals surface area contributed by atoms with E-state index < -0.39 is 33.2 Å². The van der Waals surface area contributed by atoms with Gasteiger partial charge in [-0.25, -0.2) is 18.0 Å². The van der Waals surface area contributed by atoms with E-state index in [2.05, 4.69) is 9.82 Å². The fourth-order valence-corrected chi connectivity index (χ4v) is 6.29. The summed E-state index contributed by atoms with van der Waals surface area (Å²) in [6.07, 6.45) is 6.72. The van der Waals surface area contributed by atoms with Crippen LogP contribution in [0, 0.1) is 17.0 Å². The molecule has 5 rings (SSSR count). The number of nitrogens with one attached hydrogen (secondary N) is 1. The Morgan fingerprint density at radius 2 is 2.03 bits per heavy atom. The molecule has 1 saturated carbocycles. The number of aliphatic hydroxyl groups is 1. The standard InChI is InChI=1S/C25H29F2N5O4S/c1-30(15-25(16-33)8-3-9-25)37(35,36)29-24(34)20-14-28-32-11-7-18(13-23(20)32)31-10-2-4-22(31)19-12-17(26)5-6-21(19)27/h5-7,11-14,22,33H,2-4,8-10,15-16H2,1H3,(H,29,34)/t22-/m1/s1. The first-order valence-corrected chi connectivity index (χ1v) is 13.6. The molecule has 0 bridgehead atoms. The lowest BCUT2D eigenvalue weighted by atomic mass is 9.69. The van der Waals surface area contributed by atoms with E-state index in [1.807, 2.05) is 4.90 Å². The average molecular weight is 534 g/mol. The monoisotopic (exact) mass is 533 g/mol. The van der Waals surface area contributed by atoms with Gasteiger partial charge in [0.2, 0.25) is 0 Å². The molecule has 0 spiro atoms. The van der Waals surface area contributed by atoms with Gasteiger partial charge in [-0.3, -0.25) is 4.79 Å². The Bertz CT molecular complexity index is 1430. The Morgan fingerprint density at radius 3 is 2.73 bits per heavy atom. The van der Waals surface area contributed by atoms with Gasteiger partial charge in [0, 0.05) is 49.6 Å². The fraction of sp³-hybridized carbons (Fsp3) is 0.440. The number of anilines is 1. The van der Waals surface area contributed by atoms with E-state index in [-0.39, 0.29) is 30.3 Å². The second-order valence-electron chi connectivity index (χ2n) is 9.99. The zero-order chi connectivity index (χ0) is 26.4. The number of rotatable bonds is 8. The number of hydrogen-bond donors (Lipinski definition) is 2. The topological polar surface area (TPSA) is 107 Å². The first kappa shape index (κ1) is 25.6. The number of carbonyl (C=O) groups excluding carboxylic acids is 1. The van der Waals surface area contributed by atoms with Crippen LogP contribution in [0.4, 0.5) is 14.5 Å². The van der Waals surface area contributed by atoms with Crippen molar-refractivity contribution in [3.63, 3.8) is 0 Å². The molecule has 1 atom stereocenters. The number of hydrogen-bond acceptors (Lipinski definition) is 6. The minimum Gasteiger partial charge on any atom is -0.396 e. The SMILES string of the molecule is CN(CC1(CO)CCC1)S(=O)(=O)NC(=O)c1cnn2ccc(N3CCC[C@@H]3c3cc(F)ccc3F)cc12. The molecule has 2 N–H and O–H groups in total. The lowest BCUT2D eigenvalue weighted by Gasteiger charge is -2.42. The average Bonchev–Trinajstić information content (AvgIpc) is 3.49. The predicted molar refractivity (Wildman–Crippen MR) is 133 cm³/mol. The number of aromatic nitrogens is 2. The van der Waals surface area contributed by atoms with E-state index in [9.17, 15) is 27.1 Å². The van der Waals surface area contributed by atoms with Gasteiger partial charge in [0.05, 0.1) is 23.3 Å². The number of halogens is 2. The fourth-order valence-electron chi connectivity index (χ4n) is 5.34. The molecule has 3 heterocycles. The van der Waals surface area contributed by atoms with Crippen LogP contribution in [-0.2, 0) is 10.2 Å². The maximum absolute atomic E-state index is 14.5. The van der Waals surface area contributed by atoms with E-state index >= 15 is 0 Å². The van der Waals surface area contributed by atoms with Crippen LogP contribution in [0.2, 0.25) is 0 Å². The van der Waals surface area contributed by atoms with Gasteiger partial charge in [0.25, 0.3) is 5.91 Å². The van der Waals surface area contributed by atoms with Crippen molar-refractivity contribution in [3.05, 3.63) is 65.5 Å². The maximum atomic E-state index is 14.5. The summed E-state index contributed by atoms with van der Waals surface area (Å²) in [5, 5.41) is 13.8. The highest BCUT2D eigenvalue weighted by Gasteiger charge is 2.40. The number of benzene rings is 1. The molecule has 12 heteroatoms. The molecule has 0 unspecified atom stereocenters. The van der Waals surface area contributed by atoms with Crippen molar-refractivity contribution in [1.29, 1.82) is 0 Å². The van der Waals surface area contributed by atoms with Crippen LogP contribution in [0.25, 0.3) is 5.52 Å². The Hall–Kier alpha value is -3.09. The molecule has 2 aliphatic rings. The predicted octanol–water partition coefficient (Wildman–Crippen LogP) is 3.02. The molecule has 1 aromatic carbocycles. The molecule has 198 valence electrons. The summed E-state index contributed by atoms with van der Waals surface area (Å²) in [4.78, 5) is 15.0. The molecular formula is C25H29F2N5O4S. The van der Waals surface area contributed by atoms with Gasteiger partial charge < -0.3 is 10.0 Å². The highest BCUT2D eigenvalue weighted by Crippen LogP contribution is 2.41. The van der Waals surface area contributed by atoms with Crippen LogP contribution in [-0.4, -0.2) is 60.1 Å². The Labute approximate surface area is 213 Å². The maximum Gasteiger partial charge on any atom is 0.303 e. The number of pyridine rings is 1. The first-order valence-electron chi connectivity index (χ1n) is 12.2. The van der Waals surface area contributed by atoms with Crippen molar-refractivity contribution in [2.75, 3.05) is 31.6 Å². The van der Waals surface area contributed by atoms with E-state index in [0.29, 0.717) is 24.2 Å². The van der Waals surface area contributed by atoms with Gasteiger partial charge >= 0.3 is 10.2 Å². The lowest BCUT2D eigenvalue weighted by molar-refractivity contribution is 0.0309. The minimum absolute atomic E-state index is 0.0621. The van der Waals surface area contributed by atoms with Crippen LogP contribution >= 0.6 is 0 Å². The third kappa shape index (κ3) is 4.80. The van der Waals surface area contributed by atoms with E-state index in [1.165, 1.54) is 23.8 Å². The molecule has 1 amide bonds. The van der Waals surface area contributed by atoms with Crippen molar-refractivity contribution in [3.8, 4) is 0 Å². The smallest absolute Gasteiger partial charge is 0.303 e. The summed E-state index contributed by atoms with van der Waals surface area (Å²) in [6, 6.07) is 6.51. The van der Waals surface area contributed by atoms with Crippen molar-refractivity contribution < 1.29 is 27.1 Å². The summed E-state index contributed by atoms with van der Waals surface area (Å²) in [6.45, 7) is 0.602. The molecule has 1 aliphatic heterocycles. The summed E-state index contributed by atoms with van der Waals surface area (Å²) in [7, 11) is -2.78. The zero-order valence-electron chi connectivity index (χ0n) is 20.4. The molecule has 3 aromatic rings. The van der Waals surface area contributed by atoms with Crippen LogP contribution in [0.5, 0.6) is 0 Å². The quantitative estimate of drug-likeness (QED) is 0.461. The third-order valence-electron chi connectivity index (χ3n) is 7.59. The number of carbonyl (C=O) groups is 1. The van der Waals surface area contributed by atoms with Crippen molar-refractivity contribution in [2.45, 2.75) is 38.1 Å². The molecule has 0 radical (unpaired) electrons. The van der Waals surface area contributed by atoms with E-state index in [0.717, 1.165) is 42.1 Å². The summed E-state index contributed by atoms with van der Waals surface area (Å²) >= 11 is 0. The summed E-state index contributed by atoms with van der Waals surface area (Å²) in [5.41, 5.74) is 0.920. The van der Waals surface area contributed by atoms with Gasteiger partial charge in [-0.2, -0.15) is 17.8 Å². The second kappa shape index (κ2) is 9.66. The largest absolute Gasteiger partial charge is 0.396 e. The highest BCUT2D eigenvalue weighted by atomic mass is 32.2. The van der Waals surface area contributed by atoms with Gasteiger partial charge in [-0.1, -0.05) is 6.42 Å². The molecular weight excluding hydrogens is 504 g/mol. The van der Waals surface area contributed by atoms with E-state index in [1.54, 1.807) is 18.3 Å². The number of nitrogens with zero attached hydrogens (tertiary/aromatic N) is 4. The molecule has 2 fully saturated rings. The van der Waals surface area contributed by atoms with Crippen LogP contribution in [0.3, 0.4) is 0 Å². The molecule has 1 saturated heterocycles. The summed E-state index contributed by atoms with van der Waals surface area (Å²) < 4.78 is 58.7.